The number of hydrogen-bond acceptors (Lipinski definition) is 7. The van der Waals surface area contributed by atoms with Crippen LogP contribution in [0.2, 0.25) is 5.02 Å². The van der Waals surface area contributed by atoms with Crippen molar-refractivity contribution in [3.63, 3.8) is 0 Å². The highest BCUT2D eigenvalue weighted by Crippen LogP contribution is 2.43. The first-order valence-electron chi connectivity index (χ1n) is 11.3. The highest BCUT2D eigenvalue weighted by atomic mass is 35.5. The third-order valence-electron chi connectivity index (χ3n) is 5.66. The average molecular weight is 525 g/mol. The second-order valence-electron chi connectivity index (χ2n) is 8.03. The molecular formula is C27H17ClN6O4. The molecule has 11 heteroatoms. The Balaban J connectivity index is 1.84. The maximum atomic E-state index is 12.0. The van der Waals surface area contributed by atoms with Crippen molar-refractivity contribution >= 4 is 34.4 Å². The maximum Gasteiger partial charge on any atom is 0.301 e. The maximum absolute atomic E-state index is 12.0. The molecule has 38 heavy (non-hydrogen) atoms. The highest BCUT2D eigenvalue weighted by molar-refractivity contribution is 6.32. The molecule has 1 heterocycles. The zero-order chi connectivity index (χ0) is 26.6. The van der Waals surface area contributed by atoms with Crippen LogP contribution in [0.25, 0.3) is 28.2 Å². The minimum Gasteiger partial charge on any atom is -0.258 e. The molecule has 10 nitrogen and oxygen atoms in total. The number of nitro benzene ring substituents is 2. The molecule has 5 aromatic rings. The zero-order valence-corrected chi connectivity index (χ0v) is 20.3. The Labute approximate surface area is 220 Å². The third kappa shape index (κ3) is 4.75. The largest absolute Gasteiger partial charge is 0.301 e. The molecule has 0 saturated heterocycles. The second-order valence-corrected chi connectivity index (χ2v) is 8.44. The molecule has 0 saturated carbocycles. The summed E-state index contributed by atoms with van der Waals surface area (Å²) in [5, 5.41) is 37.4. The fraction of sp³-hybridized carbons (Fsp3) is 0. The van der Waals surface area contributed by atoms with Gasteiger partial charge in [-0.25, -0.2) is 4.68 Å². The average Bonchev–Trinajstić information content (AvgIpc) is 3.32. The first-order valence-corrected chi connectivity index (χ1v) is 11.6. The molecule has 0 N–H and O–H groups in total. The van der Waals surface area contributed by atoms with Crippen molar-refractivity contribution in [3.05, 3.63) is 128 Å². The quantitative estimate of drug-likeness (QED) is 0.121. The van der Waals surface area contributed by atoms with Gasteiger partial charge < -0.3 is 0 Å². The number of rotatable bonds is 7. The summed E-state index contributed by atoms with van der Waals surface area (Å²) in [5.41, 5.74) is 2.10. The van der Waals surface area contributed by atoms with Crippen LogP contribution < -0.4 is 0 Å². The van der Waals surface area contributed by atoms with Gasteiger partial charge in [-0.3, -0.25) is 20.2 Å². The van der Waals surface area contributed by atoms with Crippen molar-refractivity contribution in [2.75, 3.05) is 0 Å². The van der Waals surface area contributed by atoms with E-state index in [2.05, 4.69) is 10.2 Å². The monoisotopic (exact) mass is 524 g/mol. The Hall–Kier alpha value is -5.22. The summed E-state index contributed by atoms with van der Waals surface area (Å²) in [6.07, 6.45) is 0. The van der Waals surface area contributed by atoms with Gasteiger partial charge in [0.05, 0.1) is 20.9 Å². The first kappa shape index (κ1) is 24.5. The summed E-state index contributed by atoms with van der Waals surface area (Å²) in [5.74, 6) is 0. The van der Waals surface area contributed by atoms with Crippen molar-refractivity contribution in [2.24, 2.45) is 10.2 Å². The molecule has 0 atom stereocenters. The lowest BCUT2D eigenvalue weighted by Gasteiger charge is -2.09. The van der Waals surface area contributed by atoms with Gasteiger partial charge >= 0.3 is 5.69 Å². The number of halogens is 1. The van der Waals surface area contributed by atoms with Gasteiger partial charge in [-0.05, 0) is 18.2 Å². The van der Waals surface area contributed by atoms with E-state index in [1.54, 1.807) is 24.3 Å². The molecule has 0 aliphatic carbocycles. The number of nitro groups is 2. The molecule has 4 aromatic carbocycles. The molecule has 1 aromatic heterocycles. The van der Waals surface area contributed by atoms with Crippen LogP contribution in [-0.2, 0) is 0 Å². The van der Waals surface area contributed by atoms with Gasteiger partial charge in [0.2, 0.25) is 0 Å². The molecule has 186 valence electrons. The number of aromatic nitrogens is 2. The smallest absolute Gasteiger partial charge is 0.258 e. The molecule has 5 rings (SSSR count). The van der Waals surface area contributed by atoms with Crippen LogP contribution in [0.1, 0.15) is 0 Å². The first-order chi connectivity index (χ1) is 18.4. The summed E-state index contributed by atoms with van der Waals surface area (Å²) in [7, 11) is 0. The molecule has 0 aliphatic heterocycles. The van der Waals surface area contributed by atoms with Gasteiger partial charge in [0.25, 0.3) is 5.69 Å². The molecule has 0 radical (unpaired) electrons. The fourth-order valence-corrected chi connectivity index (χ4v) is 4.09. The van der Waals surface area contributed by atoms with Crippen LogP contribution in [0.4, 0.5) is 22.7 Å². The fourth-order valence-electron chi connectivity index (χ4n) is 3.91. The van der Waals surface area contributed by atoms with Crippen molar-refractivity contribution < 1.29 is 9.85 Å². The second kappa shape index (κ2) is 10.4. The Morgan fingerprint density at radius 1 is 0.737 bits per heavy atom. The van der Waals surface area contributed by atoms with Gasteiger partial charge in [-0.15, -0.1) is 10.2 Å². The number of nitrogens with zero attached hydrogens (tertiary/aromatic N) is 6. The standard InChI is InChI=1S/C27H17ClN6O4/c28-21-13-7-8-14-22(21)29-30-26-25(18-9-3-1-4-10-18)31-32(27(26)19-11-5-2-6-12-19)23-16-15-20(33(35)36)17-24(23)34(37)38/h1-17H. The van der Waals surface area contributed by atoms with E-state index in [1.165, 1.54) is 16.8 Å². The molecular weight excluding hydrogens is 508 g/mol. The summed E-state index contributed by atoms with van der Waals surface area (Å²) >= 11 is 6.30. The van der Waals surface area contributed by atoms with E-state index in [0.717, 1.165) is 6.07 Å². The number of non-ortho nitro benzene ring substituents is 1. The number of benzene rings is 4. The Morgan fingerprint density at radius 3 is 2.00 bits per heavy atom. The van der Waals surface area contributed by atoms with E-state index in [4.69, 9.17) is 16.7 Å². The highest BCUT2D eigenvalue weighted by Gasteiger charge is 2.28. The van der Waals surface area contributed by atoms with Crippen LogP contribution in [0, 0.1) is 20.2 Å². The van der Waals surface area contributed by atoms with Crippen LogP contribution in [0.3, 0.4) is 0 Å². The predicted octanol–water partition coefficient (Wildman–Crippen LogP) is 8.09. The zero-order valence-electron chi connectivity index (χ0n) is 19.5. The molecule has 0 bridgehead atoms. The van der Waals surface area contributed by atoms with Gasteiger partial charge in [0.15, 0.2) is 0 Å². The molecule has 0 unspecified atom stereocenters. The lowest BCUT2D eigenvalue weighted by atomic mass is 10.1. The summed E-state index contributed by atoms with van der Waals surface area (Å²) in [4.78, 5) is 22.0. The molecule has 0 spiro atoms. The van der Waals surface area contributed by atoms with Crippen LogP contribution in [-0.4, -0.2) is 19.6 Å². The summed E-state index contributed by atoms with van der Waals surface area (Å²) in [6.45, 7) is 0. The SMILES string of the molecule is O=[N+]([O-])c1ccc(-n2nc(-c3ccccc3)c(N=Nc3ccccc3Cl)c2-c2ccccc2)c([N+](=O)[O-])c1. The minimum atomic E-state index is -0.684. The van der Waals surface area contributed by atoms with Gasteiger partial charge in [-0.2, -0.15) is 5.10 Å². The number of hydrogen-bond donors (Lipinski definition) is 0. The lowest BCUT2D eigenvalue weighted by Crippen LogP contribution is -2.04. The van der Waals surface area contributed by atoms with Crippen molar-refractivity contribution in [2.45, 2.75) is 0 Å². The molecule has 0 aliphatic rings. The topological polar surface area (TPSA) is 129 Å². The number of azo groups is 1. The van der Waals surface area contributed by atoms with E-state index in [9.17, 15) is 20.2 Å². The van der Waals surface area contributed by atoms with Crippen molar-refractivity contribution in [1.82, 2.24) is 9.78 Å². The van der Waals surface area contributed by atoms with E-state index >= 15 is 0 Å². The third-order valence-corrected chi connectivity index (χ3v) is 5.98. The minimum absolute atomic E-state index is 0.0378. The van der Waals surface area contributed by atoms with Gasteiger partial charge in [0, 0.05) is 17.2 Å². The normalized spacial score (nSPS) is 11.1. The summed E-state index contributed by atoms with van der Waals surface area (Å²) < 4.78 is 1.38. The predicted molar refractivity (Wildman–Crippen MR) is 143 cm³/mol. The van der Waals surface area contributed by atoms with E-state index in [0.29, 0.717) is 38.9 Å². The molecule has 0 amide bonds. The Morgan fingerprint density at radius 2 is 1.37 bits per heavy atom. The molecule has 0 fully saturated rings. The van der Waals surface area contributed by atoms with Crippen LogP contribution in [0.5, 0.6) is 0 Å². The Bertz CT molecular complexity index is 1690. The van der Waals surface area contributed by atoms with E-state index in [-0.39, 0.29) is 5.69 Å². The van der Waals surface area contributed by atoms with Crippen molar-refractivity contribution in [3.8, 4) is 28.2 Å². The van der Waals surface area contributed by atoms with Gasteiger partial charge in [0.1, 0.15) is 28.5 Å². The Kier molecular flexibility index (Phi) is 6.70. The summed E-state index contributed by atoms with van der Waals surface area (Å²) in [6, 6.07) is 28.6. The van der Waals surface area contributed by atoms with Crippen LogP contribution >= 0.6 is 11.6 Å². The van der Waals surface area contributed by atoms with Crippen LogP contribution in [0.15, 0.2) is 113 Å². The van der Waals surface area contributed by atoms with E-state index in [1.807, 2.05) is 60.7 Å². The van der Waals surface area contributed by atoms with Gasteiger partial charge in [-0.1, -0.05) is 84.4 Å². The van der Waals surface area contributed by atoms with Crippen molar-refractivity contribution in [1.29, 1.82) is 0 Å². The lowest BCUT2D eigenvalue weighted by molar-refractivity contribution is -0.394. The van der Waals surface area contributed by atoms with E-state index < -0.39 is 21.2 Å².